The maximum Gasteiger partial charge on any atom is 0.309 e. The largest absolute Gasteiger partial charge is 0.481 e. The average molecular weight is 249 g/mol. The van der Waals surface area contributed by atoms with Crippen molar-refractivity contribution in [1.82, 2.24) is 14.6 Å². The van der Waals surface area contributed by atoms with Crippen molar-refractivity contribution >= 4 is 22.3 Å². The Bertz CT molecular complexity index is 668. The minimum atomic E-state index is -0.889. The van der Waals surface area contributed by atoms with E-state index < -0.39 is 5.97 Å². The van der Waals surface area contributed by atoms with Crippen molar-refractivity contribution in [1.29, 1.82) is 0 Å². The molecule has 7 heteroatoms. The number of carboxylic acid groups (broad SMARTS) is 1. The molecule has 1 N–H and O–H groups in total. The van der Waals surface area contributed by atoms with Gasteiger partial charge in [0.2, 0.25) is 10.8 Å². The van der Waals surface area contributed by atoms with Gasteiger partial charge in [0.1, 0.15) is 0 Å². The first-order valence-corrected chi connectivity index (χ1v) is 5.71. The van der Waals surface area contributed by atoms with E-state index in [9.17, 15) is 4.79 Å². The number of carbonyl (C=O) groups is 1. The molecule has 17 heavy (non-hydrogen) atoms. The molecule has 6 nitrogen and oxygen atoms in total. The van der Waals surface area contributed by atoms with Crippen molar-refractivity contribution in [3.8, 4) is 11.6 Å². The quantitative estimate of drug-likeness (QED) is 0.763. The van der Waals surface area contributed by atoms with E-state index in [-0.39, 0.29) is 6.42 Å². The molecule has 3 aromatic rings. The SMILES string of the molecule is O=C(O)Cc1csc2nc(-c3ccco3)nn12. The second kappa shape index (κ2) is 3.70. The van der Waals surface area contributed by atoms with Gasteiger partial charge < -0.3 is 9.52 Å². The molecule has 86 valence electrons. The Morgan fingerprint density at radius 1 is 1.59 bits per heavy atom. The molecule has 0 aliphatic rings. The van der Waals surface area contributed by atoms with Gasteiger partial charge in [-0.3, -0.25) is 4.79 Å². The fourth-order valence-electron chi connectivity index (χ4n) is 1.51. The Labute approximate surface area is 99.1 Å². The highest BCUT2D eigenvalue weighted by Crippen LogP contribution is 2.21. The van der Waals surface area contributed by atoms with E-state index in [2.05, 4.69) is 10.1 Å². The highest BCUT2D eigenvalue weighted by Gasteiger charge is 2.14. The lowest BCUT2D eigenvalue weighted by Crippen LogP contribution is -2.03. The predicted octanol–water partition coefficient (Wildman–Crippen LogP) is 1.68. The highest BCUT2D eigenvalue weighted by atomic mass is 32.1. The summed E-state index contributed by atoms with van der Waals surface area (Å²) in [5.74, 6) is 0.149. The molecule has 0 saturated carbocycles. The molecule has 0 aromatic carbocycles. The monoisotopic (exact) mass is 249 g/mol. The van der Waals surface area contributed by atoms with E-state index in [4.69, 9.17) is 9.52 Å². The van der Waals surface area contributed by atoms with Crippen molar-refractivity contribution in [3.05, 3.63) is 29.5 Å². The summed E-state index contributed by atoms with van der Waals surface area (Å²) in [6, 6.07) is 3.51. The number of aliphatic carboxylic acids is 1. The second-order valence-corrected chi connectivity index (χ2v) is 4.24. The van der Waals surface area contributed by atoms with Crippen LogP contribution < -0.4 is 0 Å². The van der Waals surface area contributed by atoms with E-state index in [1.54, 1.807) is 23.8 Å². The normalized spacial score (nSPS) is 11.1. The Kier molecular flexibility index (Phi) is 2.19. The Balaban J connectivity index is 2.08. The Hall–Kier alpha value is -2.15. The first kappa shape index (κ1) is 10.0. The maximum absolute atomic E-state index is 10.7. The van der Waals surface area contributed by atoms with E-state index in [1.165, 1.54) is 15.9 Å². The molecule has 0 atom stereocenters. The summed E-state index contributed by atoms with van der Waals surface area (Å²) in [7, 11) is 0. The molecule has 0 radical (unpaired) electrons. The fourth-order valence-corrected chi connectivity index (χ4v) is 2.34. The molecule has 0 aliphatic heterocycles. The third kappa shape index (κ3) is 1.70. The van der Waals surface area contributed by atoms with Crippen LogP contribution in [-0.2, 0) is 11.2 Å². The first-order chi connectivity index (χ1) is 8.24. The number of hydrogen-bond acceptors (Lipinski definition) is 5. The zero-order chi connectivity index (χ0) is 11.8. The summed E-state index contributed by atoms with van der Waals surface area (Å²) in [5, 5.41) is 14.7. The van der Waals surface area contributed by atoms with Crippen molar-refractivity contribution in [2.24, 2.45) is 0 Å². The van der Waals surface area contributed by atoms with Crippen molar-refractivity contribution < 1.29 is 14.3 Å². The summed E-state index contributed by atoms with van der Waals surface area (Å²) in [6.45, 7) is 0. The number of carboxylic acids is 1. The molecule has 0 amide bonds. The van der Waals surface area contributed by atoms with Crippen LogP contribution in [-0.4, -0.2) is 25.7 Å². The molecule has 0 fully saturated rings. The van der Waals surface area contributed by atoms with Crippen LogP contribution in [0.3, 0.4) is 0 Å². The van der Waals surface area contributed by atoms with Crippen LogP contribution in [0, 0.1) is 0 Å². The molecule has 0 bridgehead atoms. The Morgan fingerprint density at radius 3 is 3.18 bits per heavy atom. The smallest absolute Gasteiger partial charge is 0.309 e. The minimum absolute atomic E-state index is 0.0685. The molecule has 0 spiro atoms. The van der Waals surface area contributed by atoms with Crippen LogP contribution in [0.2, 0.25) is 0 Å². The molecule has 0 unspecified atom stereocenters. The van der Waals surface area contributed by atoms with Crippen molar-refractivity contribution in [2.75, 3.05) is 0 Å². The van der Waals surface area contributed by atoms with E-state index >= 15 is 0 Å². The maximum atomic E-state index is 10.7. The van der Waals surface area contributed by atoms with Crippen molar-refractivity contribution in [3.63, 3.8) is 0 Å². The summed E-state index contributed by atoms with van der Waals surface area (Å²) < 4.78 is 6.73. The molecule has 3 heterocycles. The van der Waals surface area contributed by atoms with Gasteiger partial charge in [0.25, 0.3) is 0 Å². The summed E-state index contributed by atoms with van der Waals surface area (Å²) in [6.07, 6.45) is 1.48. The van der Waals surface area contributed by atoms with Crippen LogP contribution in [0.5, 0.6) is 0 Å². The number of thiazole rings is 1. The van der Waals surface area contributed by atoms with Crippen LogP contribution in [0.15, 0.2) is 28.2 Å². The number of aromatic nitrogens is 3. The van der Waals surface area contributed by atoms with Crippen LogP contribution in [0.25, 0.3) is 16.5 Å². The fraction of sp³-hybridized carbons (Fsp3) is 0.100. The summed E-state index contributed by atoms with van der Waals surface area (Å²) in [5.41, 5.74) is 0.614. The average Bonchev–Trinajstić information content (AvgIpc) is 2.93. The zero-order valence-electron chi connectivity index (χ0n) is 8.53. The zero-order valence-corrected chi connectivity index (χ0v) is 9.35. The molecule has 3 rings (SSSR count). The standard InChI is InChI=1S/C10H7N3O3S/c14-8(15)4-6-5-17-10-11-9(12-13(6)10)7-2-1-3-16-7/h1-3,5H,4H2,(H,14,15). The molecule has 0 saturated heterocycles. The lowest BCUT2D eigenvalue weighted by atomic mass is 10.3. The van der Waals surface area contributed by atoms with Gasteiger partial charge in [0.05, 0.1) is 18.4 Å². The van der Waals surface area contributed by atoms with Gasteiger partial charge >= 0.3 is 5.97 Å². The first-order valence-electron chi connectivity index (χ1n) is 4.83. The number of furan rings is 1. The summed E-state index contributed by atoms with van der Waals surface area (Å²) >= 11 is 1.36. The van der Waals surface area contributed by atoms with Gasteiger partial charge in [-0.15, -0.1) is 16.4 Å². The highest BCUT2D eigenvalue weighted by molar-refractivity contribution is 7.15. The predicted molar refractivity (Wildman–Crippen MR) is 59.9 cm³/mol. The van der Waals surface area contributed by atoms with E-state index in [0.29, 0.717) is 22.2 Å². The lowest BCUT2D eigenvalue weighted by molar-refractivity contribution is -0.136. The molecule has 3 aromatic heterocycles. The molecular weight excluding hydrogens is 242 g/mol. The van der Waals surface area contributed by atoms with Gasteiger partial charge in [-0.1, -0.05) is 0 Å². The van der Waals surface area contributed by atoms with Crippen LogP contribution in [0.4, 0.5) is 0 Å². The molecular formula is C10H7N3O3S. The van der Waals surface area contributed by atoms with Gasteiger partial charge in [0.15, 0.2) is 5.76 Å². The topological polar surface area (TPSA) is 80.6 Å². The van der Waals surface area contributed by atoms with Gasteiger partial charge in [-0.05, 0) is 12.1 Å². The Morgan fingerprint density at radius 2 is 2.47 bits per heavy atom. The second-order valence-electron chi connectivity index (χ2n) is 3.40. The van der Waals surface area contributed by atoms with E-state index in [0.717, 1.165) is 0 Å². The third-order valence-corrected chi connectivity index (χ3v) is 3.09. The van der Waals surface area contributed by atoms with Gasteiger partial charge in [0, 0.05) is 5.38 Å². The summed E-state index contributed by atoms with van der Waals surface area (Å²) in [4.78, 5) is 15.6. The third-order valence-electron chi connectivity index (χ3n) is 2.22. The number of hydrogen-bond donors (Lipinski definition) is 1. The number of rotatable bonds is 3. The van der Waals surface area contributed by atoms with E-state index in [1.807, 2.05) is 0 Å². The van der Waals surface area contributed by atoms with Crippen LogP contribution in [0.1, 0.15) is 5.69 Å². The van der Waals surface area contributed by atoms with Crippen LogP contribution >= 0.6 is 11.3 Å². The van der Waals surface area contributed by atoms with Crippen molar-refractivity contribution in [2.45, 2.75) is 6.42 Å². The van der Waals surface area contributed by atoms with Gasteiger partial charge in [-0.25, -0.2) is 4.52 Å². The molecule has 0 aliphatic carbocycles. The lowest BCUT2D eigenvalue weighted by Gasteiger charge is -1.91. The van der Waals surface area contributed by atoms with Gasteiger partial charge in [-0.2, -0.15) is 4.98 Å². The minimum Gasteiger partial charge on any atom is -0.481 e. The number of fused-ring (bicyclic) bond motifs is 1. The number of nitrogens with zero attached hydrogens (tertiary/aromatic N) is 3.